The Morgan fingerprint density at radius 3 is 2.74 bits per heavy atom. The first-order valence-corrected chi connectivity index (χ1v) is 7.63. The molecule has 0 aliphatic rings. The Morgan fingerprint density at radius 1 is 1.22 bits per heavy atom. The Kier molecular flexibility index (Phi) is 6.17. The van der Waals surface area contributed by atoms with E-state index >= 15 is 0 Å². The van der Waals surface area contributed by atoms with Crippen molar-refractivity contribution in [3.63, 3.8) is 0 Å². The Bertz CT molecular complexity index is 677. The number of rotatable bonds is 9. The Balaban J connectivity index is 2.14. The molecule has 0 atom stereocenters. The third kappa shape index (κ3) is 4.32. The van der Waals surface area contributed by atoms with Crippen molar-refractivity contribution in [3.05, 3.63) is 30.0 Å². The van der Waals surface area contributed by atoms with E-state index in [2.05, 4.69) is 0 Å². The summed E-state index contributed by atoms with van der Waals surface area (Å²) < 4.78 is 17.4. The van der Waals surface area contributed by atoms with Crippen LogP contribution in [-0.4, -0.2) is 43.3 Å². The molecule has 0 radical (unpaired) electrons. The van der Waals surface area contributed by atoms with Gasteiger partial charge in [-0.3, -0.25) is 9.59 Å². The number of aromatic nitrogens is 1. The highest BCUT2D eigenvalue weighted by Crippen LogP contribution is 2.25. The normalized spacial score (nSPS) is 10.7. The van der Waals surface area contributed by atoms with Gasteiger partial charge in [-0.1, -0.05) is 0 Å². The minimum absolute atomic E-state index is 0.0461. The molecule has 6 heteroatoms. The van der Waals surface area contributed by atoms with Crippen molar-refractivity contribution >= 4 is 23.2 Å². The van der Waals surface area contributed by atoms with Gasteiger partial charge in [0, 0.05) is 29.3 Å². The van der Waals surface area contributed by atoms with Gasteiger partial charge in [-0.2, -0.15) is 0 Å². The zero-order valence-corrected chi connectivity index (χ0v) is 13.4. The summed E-state index contributed by atoms with van der Waals surface area (Å²) in [6, 6.07) is 5.46. The van der Waals surface area contributed by atoms with E-state index in [1.54, 1.807) is 16.8 Å². The molecule has 0 saturated carbocycles. The molecule has 0 unspecified atom stereocenters. The molecule has 124 valence electrons. The number of fused-ring (bicyclic) bond motifs is 1. The highest BCUT2D eigenvalue weighted by atomic mass is 16.6. The van der Waals surface area contributed by atoms with Crippen LogP contribution in [0, 0.1) is 0 Å². The molecule has 23 heavy (non-hydrogen) atoms. The lowest BCUT2D eigenvalue weighted by Crippen LogP contribution is -2.16. The first-order valence-electron chi connectivity index (χ1n) is 7.63. The van der Waals surface area contributed by atoms with Gasteiger partial charge in [0.25, 0.3) is 0 Å². The second kappa shape index (κ2) is 8.33. The van der Waals surface area contributed by atoms with Crippen LogP contribution in [0.5, 0.6) is 5.75 Å². The van der Waals surface area contributed by atoms with Crippen molar-refractivity contribution in [2.24, 2.45) is 0 Å². The maximum Gasteiger partial charge on any atom is 0.326 e. The number of benzene rings is 1. The molecule has 0 aliphatic heterocycles. The zero-order valence-electron chi connectivity index (χ0n) is 13.4. The molecule has 0 fully saturated rings. The largest absolute Gasteiger partial charge is 0.494 e. The molecule has 0 bridgehead atoms. The summed E-state index contributed by atoms with van der Waals surface area (Å²) in [6.07, 6.45) is 2.42. The van der Waals surface area contributed by atoms with Gasteiger partial charge in [-0.25, -0.2) is 0 Å². The molecule has 0 N–H and O–H groups in total. The maximum absolute atomic E-state index is 11.9. The number of carbonyl (C=O) groups excluding carboxylic acids is 2. The molecule has 1 aromatic carbocycles. The molecule has 1 heterocycles. The van der Waals surface area contributed by atoms with Crippen molar-refractivity contribution in [2.75, 3.05) is 26.4 Å². The van der Waals surface area contributed by atoms with Crippen LogP contribution in [0.15, 0.2) is 24.4 Å². The van der Waals surface area contributed by atoms with E-state index in [-0.39, 0.29) is 19.1 Å². The lowest BCUT2D eigenvalue weighted by atomic mass is 10.2. The lowest BCUT2D eigenvalue weighted by molar-refractivity contribution is -0.145. The van der Waals surface area contributed by atoms with Gasteiger partial charge in [-0.05, 0) is 32.0 Å². The molecule has 2 rings (SSSR count). The summed E-state index contributed by atoms with van der Waals surface area (Å²) in [7, 11) is 0. The van der Waals surface area contributed by atoms with Crippen LogP contribution < -0.4 is 4.74 Å². The summed E-state index contributed by atoms with van der Waals surface area (Å²) in [4.78, 5) is 23.1. The van der Waals surface area contributed by atoms with Crippen LogP contribution in [0.2, 0.25) is 0 Å². The number of ether oxygens (including phenoxy) is 3. The molecule has 0 saturated heterocycles. The Labute approximate surface area is 134 Å². The predicted molar refractivity (Wildman–Crippen MR) is 85.9 cm³/mol. The minimum atomic E-state index is -0.368. The summed E-state index contributed by atoms with van der Waals surface area (Å²) in [6.45, 7) is 5.57. The number of hydrogen-bond donors (Lipinski definition) is 0. The highest BCUT2D eigenvalue weighted by molar-refractivity contribution is 5.98. The monoisotopic (exact) mass is 319 g/mol. The average Bonchev–Trinajstić information content (AvgIpc) is 2.89. The van der Waals surface area contributed by atoms with Gasteiger partial charge in [0.2, 0.25) is 0 Å². The van der Waals surface area contributed by atoms with Gasteiger partial charge in [0.05, 0.1) is 13.2 Å². The van der Waals surface area contributed by atoms with Crippen LogP contribution in [0.25, 0.3) is 10.9 Å². The predicted octanol–water partition coefficient (Wildman–Crippen LogP) is 2.43. The van der Waals surface area contributed by atoms with E-state index in [9.17, 15) is 9.59 Å². The van der Waals surface area contributed by atoms with Gasteiger partial charge in [0.15, 0.2) is 6.29 Å². The molecule has 1 aromatic heterocycles. The third-order valence-corrected chi connectivity index (χ3v) is 3.32. The van der Waals surface area contributed by atoms with Crippen molar-refractivity contribution in [1.29, 1.82) is 0 Å². The van der Waals surface area contributed by atoms with Crippen molar-refractivity contribution in [2.45, 2.75) is 20.4 Å². The van der Waals surface area contributed by atoms with Crippen LogP contribution >= 0.6 is 0 Å². The molecule has 0 aliphatic carbocycles. The second-order valence-electron chi connectivity index (χ2n) is 4.86. The van der Waals surface area contributed by atoms with E-state index < -0.39 is 0 Å². The number of hydrogen-bond acceptors (Lipinski definition) is 5. The fourth-order valence-corrected chi connectivity index (χ4v) is 2.33. The van der Waals surface area contributed by atoms with Crippen molar-refractivity contribution < 1.29 is 23.8 Å². The molecule has 2 aromatic rings. The highest BCUT2D eigenvalue weighted by Gasteiger charge is 2.12. The summed E-state index contributed by atoms with van der Waals surface area (Å²) in [5.74, 6) is 0.327. The van der Waals surface area contributed by atoms with Gasteiger partial charge in [-0.15, -0.1) is 0 Å². The Hall–Kier alpha value is -2.34. The van der Waals surface area contributed by atoms with E-state index in [4.69, 9.17) is 14.2 Å². The van der Waals surface area contributed by atoms with Crippen LogP contribution in [0.1, 0.15) is 24.2 Å². The maximum atomic E-state index is 11.9. The number of carbonyl (C=O) groups is 2. The summed E-state index contributed by atoms with van der Waals surface area (Å²) >= 11 is 0. The van der Waals surface area contributed by atoms with E-state index in [0.29, 0.717) is 31.1 Å². The fraction of sp³-hybridized carbons (Fsp3) is 0.412. The molecule has 0 spiro atoms. The smallest absolute Gasteiger partial charge is 0.326 e. The first kappa shape index (κ1) is 17.0. The SMILES string of the molecule is CCOCCOC(=O)Cn1cc(C=O)c2cc(OCC)ccc21. The number of nitrogens with zero attached hydrogens (tertiary/aromatic N) is 1. The van der Waals surface area contributed by atoms with E-state index in [1.165, 1.54) is 0 Å². The summed E-state index contributed by atoms with van der Waals surface area (Å²) in [5, 5.41) is 0.757. The second-order valence-corrected chi connectivity index (χ2v) is 4.86. The van der Waals surface area contributed by atoms with Gasteiger partial charge >= 0.3 is 5.97 Å². The third-order valence-electron chi connectivity index (χ3n) is 3.32. The quantitative estimate of drug-likeness (QED) is 0.403. The van der Waals surface area contributed by atoms with E-state index in [0.717, 1.165) is 17.2 Å². The van der Waals surface area contributed by atoms with Crippen LogP contribution in [0.3, 0.4) is 0 Å². The topological polar surface area (TPSA) is 66.8 Å². The standard InChI is InChI=1S/C17H21NO5/c1-3-21-7-8-23-17(20)11-18-10-13(12-19)15-9-14(22-4-2)5-6-16(15)18/h5-6,9-10,12H,3-4,7-8,11H2,1-2H3. The molecule has 0 amide bonds. The fourth-order valence-electron chi connectivity index (χ4n) is 2.33. The molecular formula is C17H21NO5. The van der Waals surface area contributed by atoms with Crippen molar-refractivity contribution in [1.82, 2.24) is 4.57 Å². The Morgan fingerprint density at radius 2 is 2.04 bits per heavy atom. The number of aldehydes is 1. The average molecular weight is 319 g/mol. The van der Waals surface area contributed by atoms with Crippen molar-refractivity contribution in [3.8, 4) is 5.75 Å². The van der Waals surface area contributed by atoms with Gasteiger partial charge < -0.3 is 18.8 Å². The lowest BCUT2D eigenvalue weighted by Gasteiger charge is -2.07. The summed E-state index contributed by atoms with van der Waals surface area (Å²) in [5.41, 5.74) is 1.31. The van der Waals surface area contributed by atoms with E-state index in [1.807, 2.05) is 26.0 Å². The zero-order chi connectivity index (χ0) is 16.7. The molecular weight excluding hydrogens is 298 g/mol. The van der Waals surface area contributed by atoms with Crippen LogP contribution in [0.4, 0.5) is 0 Å². The van der Waals surface area contributed by atoms with Crippen LogP contribution in [-0.2, 0) is 20.8 Å². The minimum Gasteiger partial charge on any atom is -0.494 e. The first-order chi connectivity index (χ1) is 11.2. The van der Waals surface area contributed by atoms with Gasteiger partial charge in [0.1, 0.15) is 18.9 Å². The molecule has 6 nitrogen and oxygen atoms in total. The number of esters is 1.